The Morgan fingerprint density at radius 3 is 2.28 bits per heavy atom. The van der Waals surface area contributed by atoms with E-state index in [1.165, 1.54) is 29.5 Å². The second-order valence-corrected chi connectivity index (χ2v) is 12.7. The van der Waals surface area contributed by atoms with Crippen molar-refractivity contribution in [2.75, 3.05) is 13.1 Å². The van der Waals surface area contributed by atoms with Crippen molar-refractivity contribution in [1.29, 1.82) is 0 Å². The molecule has 174 valence electrons. The molecule has 1 aromatic heterocycles. The summed E-state index contributed by atoms with van der Waals surface area (Å²) >= 11 is 1.71. The molecule has 0 saturated carbocycles. The van der Waals surface area contributed by atoms with Crippen LogP contribution < -0.4 is 0 Å². The largest absolute Gasteiger partial charge is 0.444 e. The van der Waals surface area contributed by atoms with E-state index in [2.05, 4.69) is 56.1 Å². The molecule has 1 aromatic carbocycles. The van der Waals surface area contributed by atoms with Crippen molar-refractivity contribution in [2.24, 2.45) is 0 Å². The van der Waals surface area contributed by atoms with Crippen molar-refractivity contribution >= 4 is 17.4 Å². The predicted octanol–water partition coefficient (Wildman–Crippen LogP) is 6.67. The molecule has 2 heterocycles. The van der Waals surface area contributed by atoms with Gasteiger partial charge in [-0.05, 0) is 74.5 Å². The quantitative estimate of drug-likeness (QED) is 0.507. The first kappa shape index (κ1) is 23.2. The van der Waals surface area contributed by atoms with Gasteiger partial charge in [0.05, 0.1) is 0 Å². The van der Waals surface area contributed by atoms with Crippen LogP contribution in [0.5, 0.6) is 0 Å². The minimum absolute atomic E-state index is 0.183. The zero-order valence-electron chi connectivity index (χ0n) is 20.6. The summed E-state index contributed by atoms with van der Waals surface area (Å²) in [7, 11) is 0. The van der Waals surface area contributed by atoms with Gasteiger partial charge in [-0.15, -0.1) is 10.2 Å². The summed E-state index contributed by atoms with van der Waals surface area (Å²) in [6, 6.07) is 6.88. The highest BCUT2D eigenvalue weighted by atomic mass is 32.1. The maximum Gasteiger partial charge on any atom is 0.410 e. The van der Waals surface area contributed by atoms with Gasteiger partial charge in [0.2, 0.25) is 0 Å². The number of piperidine rings is 1. The van der Waals surface area contributed by atoms with Crippen molar-refractivity contribution in [3.05, 3.63) is 34.3 Å². The Balaban J connectivity index is 1.48. The Morgan fingerprint density at radius 1 is 1.03 bits per heavy atom. The first-order valence-electron chi connectivity index (χ1n) is 11.8. The van der Waals surface area contributed by atoms with Gasteiger partial charge in [0.25, 0.3) is 0 Å². The van der Waals surface area contributed by atoms with Crippen molar-refractivity contribution in [3.63, 3.8) is 0 Å². The molecule has 1 aliphatic carbocycles. The molecule has 2 aromatic rings. The van der Waals surface area contributed by atoms with E-state index >= 15 is 0 Å². The Hall–Kier alpha value is -1.95. The van der Waals surface area contributed by atoms with Crippen LogP contribution in [-0.2, 0) is 15.6 Å². The summed E-state index contributed by atoms with van der Waals surface area (Å²) in [5.74, 6) is 0.355. The number of ether oxygens (including phenoxy) is 1. The van der Waals surface area contributed by atoms with E-state index in [0.717, 1.165) is 22.9 Å². The third kappa shape index (κ3) is 4.70. The van der Waals surface area contributed by atoms with Crippen molar-refractivity contribution in [1.82, 2.24) is 15.1 Å². The van der Waals surface area contributed by atoms with Crippen molar-refractivity contribution in [3.8, 4) is 10.6 Å². The molecule has 0 N–H and O–H groups in total. The molecule has 1 saturated heterocycles. The van der Waals surface area contributed by atoms with Gasteiger partial charge in [-0.1, -0.05) is 51.2 Å². The summed E-state index contributed by atoms with van der Waals surface area (Å²) in [4.78, 5) is 14.2. The zero-order valence-corrected chi connectivity index (χ0v) is 21.4. The average molecular weight is 456 g/mol. The fourth-order valence-electron chi connectivity index (χ4n) is 4.87. The lowest BCUT2D eigenvalue weighted by molar-refractivity contribution is 0.0204. The van der Waals surface area contributed by atoms with Gasteiger partial charge in [-0.2, -0.15) is 0 Å². The number of nitrogens with zero attached hydrogens (tertiary/aromatic N) is 3. The maximum absolute atomic E-state index is 12.3. The Morgan fingerprint density at radius 2 is 1.66 bits per heavy atom. The number of likely N-dealkylation sites (tertiary alicyclic amines) is 1. The van der Waals surface area contributed by atoms with E-state index in [1.54, 1.807) is 11.3 Å². The number of carbonyl (C=O) groups is 1. The minimum atomic E-state index is -0.458. The van der Waals surface area contributed by atoms with Crippen LogP contribution in [0.25, 0.3) is 10.6 Å². The lowest BCUT2D eigenvalue weighted by Crippen LogP contribution is -2.41. The second-order valence-electron chi connectivity index (χ2n) is 11.7. The number of hydrogen-bond acceptors (Lipinski definition) is 5. The lowest BCUT2D eigenvalue weighted by atomic mass is 9.63. The number of aromatic nitrogens is 2. The van der Waals surface area contributed by atoms with Gasteiger partial charge in [0.1, 0.15) is 15.6 Å². The monoisotopic (exact) mass is 455 g/mol. The van der Waals surface area contributed by atoms with Gasteiger partial charge in [0.15, 0.2) is 0 Å². The van der Waals surface area contributed by atoms with Crippen LogP contribution in [0, 0.1) is 0 Å². The molecule has 0 radical (unpaired) electrons. The molecule has 0 spiro atoms. The molecular weight excluding hydrogens is 418 g/mol. The van der Waals surface area contributed by atoms with E-state index in [4.69, 9.17) is 4.74 Å². The number of fused-ring (bicyclic) bond motifs is 1. The molecule has 32 heavy (non-hydrogen) atoms. The molecule has 0 unspecified atom stereocenters. The van der Waals surface area contributed by atoms with Crippen LogP contribution >= 0.6 is 11.3 Å². The highest BCUT2D eigenvalue weighted by Crippen LogP contribution is 2.47. The topological polar surface area (TPSA) is 55.3 Å². The first-order valence-corrected chi connectivity index (χ1v) is 12.6. The molecule has 1 aliphatic heterocycles. The van der Waals surface area contributed by atoms with E-state index in [1.807, 2.05) is 25.7 Å². The minimum Gasteiger partial charge on any atom is -0.444 e. The summed E-state index contributed by atoms with van der Waals surface area (Å²) in [5, 5.41) is 11.2. The zero-order chi connectivity index (χ0) is 23.3. The lowest BCUT2D eigenvalue weighted by Gasteiger charge is -2.42. The smallest absolute Gasteiger partial charge is 0.410 e. The maximum atomic E-state index is 12.3. The van der Waals surface area contributed by atoms with E-state index in [9.17, 15) is 4.79 Å². The molecule has 1 amide bonds. The fourth-order valence-corrected chi connectivity index (χ4v) is 5.88. The number of rotatable bonds is 2. The second kappa shape index (κ2) is 8.12. The van der Waals surface area contributed by atoms with Crippen LogP contribution in [0.15, 0.2) is 18.2 Å². The van der Waals surface area contributed by atoms with E-state index in [-0.39, 0.29) is 16.9 Å². The molecule has 1 fully saturated rings. The molecular formula is C26H37N3O2S. The van der Waals surface area contributed by atoms with Crippen LogP contribution in [0.1, 0.15) is 96.2 Å². The molecule has 4 rings (SSSR count). The van der Waals surface area contributed by atoms with Gasteiger partial charge in [0, 0.05) is 24.6 Å². The van der Waals surface area contributed by atoms with Gasteiger partial charge >= 0.3 is 6.09 Å². The molecule has 0 atom stereocenters. The van der Waals surface area contributed by atoms with Gasteiger partial charge < -0.3 is 9.64 Å². The average Bonchev–Trinajstić information content (AvgIpc) is 3.20. The molecule has 5 nitrogen and oxygen atoms in total. The van der Waals surface area contributed by atoms with Crippen LogP contribution in [-0.4, -0.2) is 39.9 Å². The number of carbonyl (C=O) groups excluding carboxylic acids is 1. The summed E-state index contributed by atoms with van der Waals surface area (Å²) in [6.45, 7) is 16.5. The highest BCUT2D eigenvalue weighted by molar-refractivity contribution is 7.14. The standard InChI is InChI=1S/C26H37N3O2S/c1-24(2,3)31-23(30)29-14-10-17(11-15-29)21-27-28-22(32-21)18-8-9-19-20(16-18)26(6,7)13-12-25(19,4)5/h8-9,16-17H,10-15H2,1-7H3. The Kier molecular flexibility index (Phi) is 5.89. The number of amides is 1. The SMILES string of the molecule is CC(C)(C)OC(=O)N1CCC(c2nnc(-c3ccc4c(c3)C(C)(C)CCC4(C)C)s2)CC1. The van der Waals surface area contributed by atoms with Crippen molar-refractivity contribution < 1.29 is 9.53 Å². The Bertz CT molecular complexity index is 995. The normalized spacial score (nSPS) is 20.7. The summed E-state index contributed by atoms with van der Waals surface area (Å²) < 4.78 is 5.52. The van der Waals surface area contributed by atoms with Crippen molar-refractivity contribution in [2.45, 2.75) is 96.5 Å². The summed E-state index contributed by atoms with van der Waals surface area (Å²) in [5.41, 5.74) is 4.04. The number of benzene rings is 1. The van der Waals surface area contributed by atoms with E-state index < -0.39 is 5.60 Å². The predicted molar refractivity (Wildman–Crippen MR) is 130 cm³/mol. The number of hydrogen-bond donors (Lipinski definition) is 0. The van der Waals surface area contributed by atoms with Crippen LogP contribution in [0.2, 0.25) is 0 Å². The van der Waals surface area contributed by atoms with Crippen LogP contribution in [0.3, 0.4) is 0 Å². The Labute approximate surface area is 196 Å². The van der Waals surface area contributed by atoms with E-state index in [0.29, 0.717) is 19.0 Å². The first-order chi connectivity index (χ1) is 14.9. The van der Waals surface area contributed by atoms with Gasteiger partial charge in [-0.25, -0.2) is 4.79 Å². The molecule has 6 heteroatoms. The molecule has 0 bridgehead atoms. The third-order valence-corrected chi connectivity index (χ3v) is 8.17. The fraction of sp³-hybridized carbons (Fsp3) is 0.654. The van der Waals surface area contributed by atoms with Gasteiger partial charge in [-0.3, -0.25) is 0 Å². The van der Waals surface area contributed by atoms with Crippen LogP contribution in [0.4, 0.5) is 4.79 Å². The third-order valence-electron chi connectivity index (χ3n) is 7.04. The summed E-state index contributed by atoms with van der Waals surface area (Å²) in [6.07, 6.45) is 4.01. The highest BCUT2D eigenvalue weighted by Gasteiger charge is 2.37. The molecule has 2 aliphatic rings.